The number of nitrogens with one attached hydrogen (secondary N) is 2. The highest BCUT2D eigenvalue weighted by Gasteiger charge is 2.33. The van der Waals surface area contributed by atoms with Crippen LogP contribution in [0.4, 0.5) is 0 Å². The highest BCUT2D eigenvalue weighted by molar-refractivity contribution is 5.78. The van der Waals surface area contributed by atoms with Crippen molar-refractivity contribution in [2.45, 2.75) is 45.2 Å². The first kappa shape index (κ1) is 15.8. The molecule has 1 aromatic rings. The summed E-state index contributed by atoms with van der Waals surface area (Å²) in [5, 5.41) is 6.39. The smallest absolute Gasteiger partial charge is 0.234 e. The number of hydrogen-bond donors (Lipinski definition) is 2. The van der Waals surface area contributed by atoms with Crippen molar-refractivity contribution < 1.29 is 9.53 Å². The van der Waals surface area contributed by atoms with Crippen LogP contribution in [0.1, 0.15) is 45.2 Å². The van der Waals surface area contributed by atoms with Crippen molar-refractivity contribution in [1.82, 2.24) is 10.6 Å². The van der Waals surface area contributed by atoms with E-state index in [0.29, 0.717) is 12.5 Å². The Bertz CT molecular complexity index is 473. The molecule has 0 heterocycles. The van der Waals surface area contributed by atoms with E-state index in [1.807, 2.05) is 24.3 Å². The zero-order valence-corrected chi connectivity index (χ0v) is 13.4. The third kappa shape index (κ3) is 5.05. The molecule has 0 aromatic heterocycles. The molecule has 1 unspecified atom stereocenters. The van der Waals surface area contributed by atoms with E-state index in [1.54, 1.807) is 7.11 Å². The van der Waals surface area contributed by atoms with Crippen LogP contribution in [0.2, 0.25) is 0 Å². The third-order valence-corrected chi connectivity index (χ3v) is 3.66. The van der Waals surface area contributed by atoms with E-state index < -0.39 is 0 Å². The molecule has 1 atom stereocenters. The van der Waals surface area contributed by atoms with Crippen molar-refractivity contribution >= 4 is 5.91 Å². The van der Waals surface area contributed by atoms with Gasteiger partial charge in [0.25, 0.3) is 0 Å². The number of carbonyl (C=O) groups is 1. The van der Waals surface area contributed by atoms with Gasteiger partial charge in [-0.2, -0.15) is 0 Å². The van der Waals surface area contributed by atoms with Crippen molar-refractivity contribution in [2.24, 2.45) is 5.92 Å². The average molecular weight is 290 g/mol. The van der Waals surface area contributed by atoms with E-state index in [2.05, 4.69) is 31.4 Å². The first-order valence-corrected chi connectivity index (χ1v) is 7.57. The van der Waals surface area contributed by atoms with Crippen LogP contribution in [0.3, 0.4) is 0 Å². The lowest BCUT2D eigenvalue weighted by molar-refractivity contribution is -0.121. The summed E-state index contributed by atoms with van der Waals surface area (Å²) in [6.07, 6.45) is 2.37. The Morgan fingerprint density at radius 3 is 2.38 bits per heavy atom. The highest BCUT2D eigenvalue weighted by Crippen LogP contribution is 2.41. The number of methoxy groups -OCH3 is 1. The highest BCUT2D eigenvalue weighted by atomic mass is 16.5. The first-order chi connectivity index (χ1) is 9.89. The second-order valence-corrected chi connectivity index (χ2v) is 6.76. The normalized spacial score (nSPS) is 16.4. The van der Waals surface area contributed by atoms with Crippen molar-refractivity contribution in [3.8, 4) is 5.75 Å². The van der Waals surface area contributed by atoms with Crippen molar-refractivity contribution in [3.63, 3.8) is 0 Å². The second-order valence-electron chi connectivity index (χ2n) is 6.76. The van der Waals surface area contributed by atoms with Gasteiger partial charge in [0.05, 0.1) is 19.7 Å². The molecule has 1 aliphatic rings. The molecule has 1 fully saturated rings. The van der Waals surface area contributed by atoms with E-state index in [-0.39, 0.29) is 17.5 Å². The number of ether oxygens (including phenoxy) is 1. The summed E-state index contributed by atoms with van der Waals surface area (Å²) in [7, 11) is 1.66. The van der Waals surface area contributed by atoms with Crippen molar-refractivity contribution in [2.75, 3.05) is 13.7 Å². The average Bonchev–Trinajstić information content (AvgIpc) is 3.26. The summed E-state index contributed by atoms with van der Waals surface area (Å²) in [5.74, 6) is 1.46. The molecule has 21 heavy (non-hydrogen) atoms. The molecule has 2 N–H and O–H groups in total. The number of rotatable bonds is 6. The fraction of sp³-hybridized carbons (Fsp3) is 0.588. The van der Waals surface area contributed by atoms with Crippen LogP contribution in [-0.4, -0.2) is 25.1 Å². The molecule has 4 heteroatoms. The second kappa shape index (κ2) is 6.48. The van der Waals surface area contributed by atoms with Gasteiger partial charge in [-0.1, -0.05) is 12.1 Å². The Kier molecular flexibility index (Phi) is 4.88. The van der Waals surface area contributed by atoms with Crippen LogP contribution >= 0.6 is 0 Å². The minimum Gasteiger partial charge on any atom is -0.497 e. The molecular weight excluding hydrogens is 264 g/mol. The number of carbonyl (C=O) groups excluding carboxylic acids is 1. The Morgan fingerprint density at radius 1 is 1.29 bits per heavy atom. The maximum absolute atomic E-state index is 12.1. The Labute approximate surface area is 127 Å². The van der Waals surface area contributed by atoms with Crippen LogP contribution in [0, 0.1) is 5.92 Å². The summed E-state index contributed by atoms with van der Waals surface area (Å²) >= 11 is 0. The van der Waals surface area contributed by atoms with Gasteiger partial charge in [-0.25, -0.2) is 0 Å². The van der Waals surface area contributed by atoms with E-state index in [0.717, 1.165) is 11.3 Å². The molecule has 0 saturated heterocycles. The van der Waals surface area contributed by atoms with Crippen molar-refractivity contribution in [3.05, 3.63) is 29.8 Å². The fourth-order valence-electron chi connectivity index (χ4n) is 2.28. The topological polar surface area (TPSA) is 50.4 Å². The van der Waals surface area contributed by atoms with Gasteiger partial charge in [-0.15, -0.1) is 0 Å². The van der Waals surface area contributed by atoms with Gasteiger partial charge in [-0.05, 0) is 57.2 Å². The van der Waals surface area contributed by atoms with E-state index in [4.69, 9.17) is 4.74 Å². The van der Waals surface area contributed by atoms with E-state index >= 15 is 0 Å². The zero-order valence-electron chi connectivity index (χ0n) is 13.4. The summed E-state index contributed by atoms with van der Waals surface area (Å²) < 4.78 is 5.18. The van der Waals surface area contributed by atoms with Gasteiger partial charge in [0.1, 0.15) is 5.75 Å². The summed E-state index contributed by atoms with van der Waals surface area (Å²) in [6.45, 7) is 6.52. The summed E-state index contributed by atoms with van der Waals surface area (Å²) in [6, 6.07) is 8.10. The lowest BCUT2D eigenvalue weighted by Gasteiger charge is -2.23. The monoisotopic (exact) mass is 290 g/mol. The quantitative estimate of drug-likeness (QED) is 0.847. The molecule has 1 aliphatic carbocycles. The molecular formula is C17H26N2O2. The predicted molar refractivity (Wildman–Crippen MR) is 84.4 cm³/mol. The first-order valence-electron chi connectivity index (χ1n) is 7.57. The molecule has 0 aliphatic heterocycles. The van der Waals surface area contributed by atoms with Crippen LogP contribution in [0.25, 0.3) is 0 Å². The largest absolute Gasteiger partial charge is 0.497 e. The SMILES string of the molecule is COc1ccc(C(NC(=O)CNC(C)(C)C)C2CC2)cc1. The van der Waals surface area contributed by atoms with Gasteiger partial charge in [0, 0.05) is 5.54 Å². The maximum atomic E-state index is 12.1. The van der Waals surface area contributed by atoms with Gasteiger partial charge < -0.3 is 15.4 Å². The lowest BCUT2D eigenvalue weighted by atomic mass is 10.0. The molecule has 1 amide bonds. The van der Waals surface area contributed by atoms with Crippen LogP contribution in [0.5, 0.6) is 5.75 Å². The van der Waals surface area contributed by atoms with Gasteiger partial charge in [0.2, 0.25) is 5.91 Å². The number of amides is 1. The molecule has 4 nitrogen and oxygen atoms in total. The van der Waals surface area contributed by atoms with Gasteiger partial charge in [-0.3, -0.25) is 4.79 Å². The molecule has 116 valence electrons. The van der Waals surface area contributed by atoms with Gasteiger partial charge in [0.15, 0.2) is 0 Å². The standard InChI is InChI=1S/C17H26N2O2/c1-17(2,3)18-11-15(20)19-16(12-5-6-12)13-7-9-14(21-4)10-8-13/h7-10,12,16,18H,5-6,11H2,1-4H3,(H,19,20). The third-order valence-electron chi connectivity index (χ3n) is 3.66. The Morgan fingerprint density at radius 2 is 1.90 bits per heavy atom. The molecule has 1 saturated carbocycles. The van der Waals surface area contributed by atoms with Crippen LogP contribution in [-0.2, 0) is 4.79 Å². The number of hydrogen-bond acceptors (Lipinski definition) is 3. The summed E-state index contributed by atoms with van der Waals surface area (Å²) in [4.78, 5) is 12.1. The molecule has 1 aromatic carbocycles. The minimum atomic E-state index is -0.0491. The summed E-state index contributed by atoms with van der Waals surface area (Å²) in [5.41, 5.74) is 1.11. The Hall–Kier alpha value is -1.55. The molecule has 2 rings (SSSR count). The van der Waals surface area contributed by atoms with Crippen LogP contribution < -0.4 is 15.4 Å². The number of benzene rings is 1. The van der Waals surface area contributed by atoms with E-state index in [9.17, 15) is 4.79 Å². The molecule has 0 radical (unpaired) electrons. The van der Waals surface area contributed by atoms with Crippen molar-refractivity contribution in [1.29, 1.82) is 0 Å². The van der Waals surface area contributed by atoms with Crippen LogP contribution in [0.15, 0.2) is 24.3 Å². The maximum Gasteiger partial charge on any atom is 0.234 e. The molecule has 0 bridgehead atoms. The molecule has 0 spiro atoms. The van der Waals surface area contributed by atoms with Gasteiger partial charge >= 0.3 is 0 Å². The predicted octanol–water partition coefficient (Wildman–Crippen LogP) is 2.65. The lowest BCUT2D eigenvalue weighted by Crippen LogP contribution is -2.44. The van der Waals surface area contributed by atoms with E-state index in [1.165, 1.54) is 12.8 Å². The Balaban J connectivity index is 1.97. The fourth-order valence-corrected chi connectivity index (χ4v) is 2.28. The minimum absolute atomic E-state index is 0.0491. The zero-order chi connectivity index (χ0) is 15.5.